The third-order valence-corrected chi connectivity index (χ3v) is 9.54. The zero-order chi connectivity index (χ0) is 31.0. The van der Waals surface area contributed by atoms with Gasteiger partial charge in [-0.05, 0) is 93.4 Å². The van der Waals surface area contributed by atoms with Gasteiger partial charge in [0, 0.05) is 27.1 Å². The molecule has 12 heteroatoms. The molecule has 1 N–H and O–H groups in total. The molecule has 3 aromatic rings. The highest BCUT2D eigenvalue weighted by atomic mass is 79.9. The lowest BCUT2D eigenvalue weighted by molar-refractivity contribution is -0.139. The van der Waals surface area contributed by atoms with Crippen molar-refractivity contribution in [2.75, 3.05) is 17.5 Å². The van der Waals surface area contributed by atoms with E-state index in [4.69, 9.17) is 27.9 Å². The molecule has 0 bridgehead atoms. The van der Waals surface area contributed by atoms with Crippen LogP contribution in [0.5, 0.6) is 5.75 Å². The van der Waals surface area contributed by atoms with Crippen molar-refractivity contribution in [1.29, 1.82) is 0 Å². The number of anilines is 1. The van der Waals surface area contributed by atoms with E-state index in [9.17, 15) is 18.0 Å². The van der Waals surface area contributed by atoms with Gasteiger partial charge >= 0.3 is 0 Å². The van der Waals surface area contributed by atoms with Crippen molar-refractivity contribution < 1.29 is 22.7 Å². The second-order valence-corrected chi connectivity index (χ2v) is 13.3. The van der Waals surface area contributed by atoms with Gasteiger partial charge in [-0.3, -0.25) is 13.9 Å². The van der Waals surface area contributed by atoms with E-state index in [-0.39, 0.29) is 29.1 Å². The van der Waals surface area contributed by atoms with Gasteiger partial charge in [-0.25, -0.2) is 8.42 Å². The lowest BCUT2D eigenvalue weighted by Gasteiger charge is -2.32. The maximum absolute atomic E-state index is 14.1. The molecule has 42 heavy (non-hydrogen) atoms. The van der Waals surface area contributed by atoms with Crippen LogP contribution < -0.4 is 14.4 Å². The second-order valence-electron chi connectivity index (χ2n) is 9.64. The minimum atomic E-state index is -4.20. The molecule has 2 unspecified atom stereocenters. The molecule has 2 atom stereocenters. The zero-order valence-electron chi connectivity index (χ0n) is 23.8. The number of nitrogens with zero attached hydrogens (tertiary/aromatic N) is 2. The molecule has 3 rings (SSSR count). The highest BCUT2D eigenvalue weighted by Gasteiger charge is 2.33. The summed E-state index contributed by atoms with van der Waals surface area (Å²) in [5, 5.41) is 3.64. The van der Waals surface area contributed by atoms with Crippen LogP contribution in [-0.4, -0.2) is 50.4 Å². The summed E-state index contributed by atoms with van der Waals surface area (Å²) in [5.74, 6) is -0.406. The van der Waals surface area contributed by atoms with Gasteiger partial charge < -0.3 is 15.0 Å². The first-order chi connectivity index (χ1) is 19.9. The Labute approximate surface area is 266 Å². The molecule has 0 aliphatic heterocycles. The number of nitrogens with one attached hydrogen (secondary N) is 1. The largest absolute Gasteiger partial charge is 0.494 e. The third kappa shape index (κ3) is 8.63. The normalized spacial score (nSPS) is 12.7. The molecule has 0 fully saturated rings. The second kappa shape index (κ2) is 15.1. The maximum Gasteiger partial charge on any atom is 0.264 e. The summed E-state index contributed by atoms with van der Waals surface area (Å²) in [7, 11) is -4.20. The number of ether oxygens (including phenoxy) is 1. The van der Waals surface area contributed by atoms with Crippen LogP contribution in [0.1, 0.15) is 39.7 Å². The lowest BCUT2D eigenvalue weighted by Crippen LogP contribution is -2.52. The number of hydrogen-bond donors (Lipinski definition) is 1. The molecular formula is C30H34BrCl2N3O5S. The van der Waals surface area contributed by atoms with E-state index in [0.29, 0.717) is 38.9 Å². The monoisotopic (exact) mass is 697 g/mol. The number of rotatable bonds is 13. The van der Waals surface area contributed by atoms with Gasteiger partial charge in [-0.1, -0.05) is 52.1 Å². The Bertz CT molecular complexity index is 1490. The smallest absolute Gasteiger partial charge is 0.264 e. The Kier molecular flexibility index (Phi) is 12.1. The SMILES string of the molecule is CCOc1ccc(N(CC(=O)N(Cc2ccc(Cl)cc2Cl)C(C)C(=O)NC(C)CC)S(=O)(=O)c2ccc(Br)cc2)cc1. The molecule has 0 spiro atoms. The van der Waals surface area contributed by atoms with Crippen LogP contribution in [0.2, 0.25) is 10.0 Å². The average molecular weight is 699 g/mol. The quantitative estimate of drug-likeness (QED) is 0.215. The molecule has 8 nitrogen and oxygen atoms in total. The Morgan fingerprint density at radius 2 is 1.62 bits per heavy atom. The lowest BCUT2D eigenvalue weighted by atomic mass is 10.1. The number of halogens is 3. The summed E-state index contributed by atoms with van der Waals surface area (Å²) in [6, 6.07) is 16.4. The van der Waals surface area contributed by atoms with E-state index < -0.39 is 28.5 Å². The van der Waals surface area contributed by atoms with E-state index >= 15 is 0 Å². The molecule has 0 aliphatic rings. The highest BCUT2D eigenvalue weighted by molar-refractivity contribution is 9.10. The van der Waals surface area contributed by atoms with Gasteiger partial charge in [0.05, 0.1) is 17.2 Å². The van der Waals surface area contributed by atoms with Crippen LogP contribution in [0.4, 0.5) is 5.69 Å². The van der Waals surface area contributed by atoms with Gasteiger partial charge in [0.2, 0.25) is 11.8 Å². The summed E-state index contributed by atoms with van der Waals surface area (Å²) in [5.41, 5.74) is 0.817. The van der Waals surface area contributed by atoms with E-state index in [1.807, 2.05) is 20.8 Å². The van der Waals surface area contributed by atoms with Crippen LogP contribution in [0.3, 0.4) is 0 Å². The summed E-state index contributed by atoms with van der Waals surface area (Å²) in [4.78, 5) is 28.6. The number of sulfonamides is 1. The Balaban J connectivity index is 2.05. The van der Waals surface area contributed by atoms with Crippen LogP contribution >= 0.6 is 39.1 Å². The van der Waals surface area contributed by atoms with Crippen molar-refractivity contribution in [1.82, 2.24) is 10.2 Å². The minimum Gasteiger partial charge on any atom is -0.494 e. The predicted molar refractivity (Wildman–Crippen MR) is 171 cm³/mol. The number of carbonyl (C=O) groups is 2. The van der Waals surface area contributed by atoms with Crippen LogP contribution in [-0.2, 0) is 26.2 Å². The van der Waals surface area contributed by atoms with Crippen molar-refractivity contribution in [2.45, 2.75) is 57.6 Å². The average Bonchev–Trinajstić information content (AvgIpc) is 2.95. The molecule has 0 heterocycles. The first-order valence-electron chi connectivity index (χ1n) is 13.4. The number of hydrogen-bond acceptors (Lipinski definition) is 5. The topological polar surface area (TPSA) is 96.0 Å². The third-order valence-electron chi connectivity index (χ3n) is 6.64. The van der Waals surface area contributed by atoms with E-state index in [0.717, 1.165) is 4.31 Å². The van der Waals surface area contributed by atoms with Crippen molar-refractivity contribution >= 4 is 66.7 Å². The Morgan fingerprint density at radius 1 is 0.976 bits per heavy atom. The van der Waals surface area contributed by atoms with Gasteiger partial charge in [-0.15, -0.1) is 0 Å². The molecule has 2 amide bonds. The number of amides is 2. The van der Waals surface area contributed by atoms with Crippen molar-refractivity contribution in [3.63, 3.8) is 0 Å². The van der Waals surface area contributed by atoms with Crippen molar-refractivity contribution in [2.24, 2.45) is 0 Å². The number of carbonyl (C=O) groups excluding carboxylic acids is 2. The molecule has 0 saturated heterocycles. The first-order valence-corrected chi connectivity index (χ1v) is 16.4. The first kappa shape index (κ1) is 33.7. The van der Waals surface area contributed by atoms with Crippen molar-refractivity contribution in [3.05, 3.63) is 86.8 Å². The van der Waals surface area contributed by atoms with Crippen LogP contribution in [0, 0.1) is 0 Å². The fraction of sp³-hybridized carbons (Fsp3) is 0.333. The van der Waals surface area contributed by atoms with Gasteiger partial charge in [-0.2, -0.15) is 0 Å². The number of benzene rings is 3. The Hall–Kier alpha value is -2.79. The van der Waals surface area contributed by atoms with E-state index in [2.05, 4.69) is 21.2 Å². The molecule has 0 aliphatic carbocycles. The predicted octanol–water partition coefficient (Wildman–Crippen LogP) is 6.68. The van der Waals surface area contributed by atoms with Gasteiger partial charge in [0.1, 0.15) is 18.3 Å². The molecule has 0 radical (unpaired) electrons. The molecule has 0 aromatic heterocycles. The fourth-order valence-electron chi connectivity index (χ4n) is 4.02. The summed E-state index contributed by atoms with van der Waals surface area (Å²) >= 11 is 15.8. The highest BCUT2D eigenvalue weighted by Crippen LogP contribution is 2.28. The maximum atomic E-state index is 14.1. The van der Waals surface area contributed by atoms with Gasteiger partial charge in [0.25, 0.3) is 10.0 Å². The molecule has 0 saturated carbocycles. The van der Waals surface area contributed by atoms with Gasteiger partial charge in [0.15, 0.2) is 0 Å². The summed E-state index contributed by atoms with van der Waals surface area (Å²) in [6.07, 6.45) is 0.701. The molecule has 226 valence electrons. The van der Waals surface area contributed by atoms with E-state index in [1.54, 1.807) is 61.5 Å². The standard InChI is InChI=1S/C30H34BrCl2N3O5S/c1-5-20(3)34-30(38)21(4)35(18-22-7-10-24(32)17-28(22)33)29(37)19-36(25-11-13-26(14-12-25)41-6-2)42(39,40)27-15-8-23(31)9-16-27/h7-17,20-21H,5-6,18-19H2,1-4H3,(H,34,38). The van der Waals surface area contributed by atoms with E-state index in [1.165, 1.54) is 17.0 Å². The summed E-state index contributed by atoms with van der Waals surface area (Å²) < 4.78 is 35.1. The van der Waals surface area contributed by atoms with Crippen LogP contribution in [0.15, 0.2) is 76.1 Å². The Morgan fingerprint density at radius 3 is 2.19 bits per heavy atom. The minimum absolute atomic E-state index is 0.00208. The van der Waals surface area contributed by atoms with Crippen LogP contribution in [0.25, 0.3) is 0 Å². The molecular weight excluding hydrogens is 665 g/mol. The zero-order valence-corrected chi connectivity index (χ0v) is 27.7. The van der Waals surface area contributed by atoms with Crippen molar-refractivity contribution in [3.8, 4) is 5.75 Å². The molecule has 3 aromatic carbocycles. The summed E-state index contributed by atoms with van der Waals surface area (Å²) in [6.45, 7) is 7.08. The fourth-order valence-corrected chi connectivity index (χ4v) is 6.17.